The molecule has 0 saturated heterocycles. The molecular weight excluding hydrogens is 258 g/mol. The lowest BCUT2D eigenvalue weighted by Crippen LogP contribution is -2.41. The highest BCUT2D eigenvalue weighted by Gasteiger charge is 2.27. The Kier molecular flexibility index (Phi) is 4.87. The summed E-state index contributed by atoms with van der Waals surface area (Å²) in [6, 6.07) is 9.80. The topological polar surface area (TPSA) is 29.1 Å². The van der Waals surface area contributed by atoms with Crippen LogP contribution in [0.2, 0.25) is 0 Å². The van der Waals surface area contributed by atoms with Crippen molar-refractivity contribution in [3.05, 3.63) is 35.9 Å². The number of nitrogens with one attached hydrogen (secondary N) is 1. The maximum atomic E-state index is 12.2. The lowest BCUT2D eigenvalue weighted by molar-refractivity contribution is -0.121. The largest absolute Gasteiger partial charge is 0.352 e. The Morgan fingerprint density at radius 1 is 1.16 bits per heavy atom. The van der Waals surface area contributed by atoms with Crippen LogP contribution in [0.5, 0.6) is 0 Å². The summed E-state index contributed by atoms with van der Waals surface area (Å²) in [4.78, 5) is 12.2. The van der Waals surface area contributed by atoms with Crippen LogP contribution < -0.4 is 5.32 Å². The van der Waals surface area contributed by atoms with Gasteiger partial charge in [-0.25, -0.2) is 0 Å². The molecule has 0 spiro atoms. The Balaban J connectivity index is 1.93. The van der Waals surface area contributed by atoms with Gasteiger partial charge in [0.1, 0.15) is 5.38 Å². The van der Waals surface area contributed by atoms with Gasteiger partial charge in [-0.1, -0.05) is 44.2 Å². The van der Waals surface area contributed by atoms with Crippen LogP contribution in [-0.2, 0) is 4.79 Å². The van der Waals surface area contributed by atoms with E-state index in [9.17, 15) is 4.79 Å². The van der Waals surface area contributed by atoms with E-state index < -0.39 is 5.38 Å². The molecule has 3 unspecified atom stereocenters. The van der Waals surface area contributed by atoms with E-state index in [-0.39, 0.29) is 11.9 Å². The zero-order valence-electron chi connectivity index (χ0n) is 11.6. The average molecular weight is 280 g/mol. The smallest absolute Gasteiger partial charge is 0.242 e. The summed E-state index contributed by atoms with van der Waals surface area (Å²) in [6.45, 7) is 4.51. The summed E-state index contributed by atoms with van der Waals surface area (Å²) in [6.07, 6.45) is 3.39. The average Bonchev–Trinajstić information content (AvgIpc) is 2.37. The van der Waals surface area contributed by atoms with Crippen LogP contribution in [0.15, 0.2) is 30.3 Å². The molecule has 1 amide bonds. The van der Waals surface area contributed by atoms with Crippen molar-refractivity contribution in [1.29, 1.82) is 0 Å². The quantitative estimate of drug-likeness (QED) is 0.835. The third-order valence-electron chi connectivity index (χ3n) is 3.85. The summed E-state index contributed by atoms with van der Waals surface area (Å²) in [5.41, 5.74) is 0.860. The standard InChI is InChI=1S/C16H22ClNO/c1-11-8-12(2)10-14(9-11)18-16(19)15(17)13-6-4-3-5-7-13/h3-7,11-12,14-15H,8-10H2,1-2H3,(H,18,19). The molecule has 3 heteroatoms. The van der Waals surface area contributed by atoms with Gasteiger partial charge >= 0.3 is 0 Å². The number of halogens is 1. The van der Waals surface area contributed by atoms with Gasteiger partial charge in [0, 0.05) is 6.04 Å². The molecule has 1 N–H and O–H groups in total. The predicted molar refractivity (Wildman–Crippen MR) is 79.1 cm³/mol. The highest BCUT2D eigenvalue weighted by molar-refractivity contribution is 6.30. The van der Waals surface area contributed by atoms with Gasteiger partial charge in [-0.15, -0.1) is 11.6 Å². The van der Waals surface area contributed by atoms with E-state index in [1.807, 2.05) is 30.3 Å². The third-order valence-corrected chi connectivity index (χ3v) is 4.30. The summed E-state index contributed by atoms with van der Waals surface area (Å²) in [7, 11) is 0. The monoisotopic (exact) mass is 279 g/mol. The molecule has 2 rings (SSSR count). The summed E-state index contributed by atoms with van der Waals surface area (Å²) in [5.74, 6) is 1.29. The Morgan fingerprint density at radius 2 is 1.74 bits per heavy atom. The van der Waals surface area contributed by atoms with Gasteiger partial charge in [0.15, 0.2) is 0 Å². The first kappa shape index (κ1) is 14.4. The number of alkyl halides is 1. The van der Waals surface area contributed by atoms with Crippen molar-refractivity contribution in [1.82, 2.24) is 5.32 Å². The Morgan fingerprint density at radius 3 is 2.32 bits per heavy atom. The minimum absolute atomic E-state index is 0.0702. The number of hydrogen-bond acceptors (Lipinski definition) is 1. The molecule has 104 valence electrons. The van der Waals surface area contributed by atoms with Gasteiger partial charge < -0.3 is 5.32 Å². The summed E-state index contributed by atoms with van der Waals surface area (Å²) < 4.78 is 0. The Hall–Kier alpha value is -1.02. The number of benzene rings is 1. The molecule has 1 aliphatic carbocycles. The van der Waals surface area contributed by atoms with Crippen LogP contribution in [0.3, 0.4) is 0 Å². The number of amides is 1. The second kappa shape index (κ2) is 6.42. The molecule has 2 nitrogen and oxygen atoms in total. The zero-order chi connectivity index (χ0) is 13.8. The van der Waals surface area contributed by atoms with Crippen LogP contribution in [0.4, 0.5) is 0 Å². The van der Waals surface area contributed by atoms with E-state index in [0.717, 1.165) is 18.4 Å². The Labute approximate surface area is 120 Å². The van der Waals surface area contributed by atoms with Crippen LogP contribution in [0.25, 0.3) is 0 Å². The second-order valence-electron chi connectivity index (χ2n) is 5.90. The second-order valence-corrected chi connectivity index (χ2v) is 6.33. The summed E-state index contributed by atoms with van der Waals surface area (Å²) >= 11 is 6.24. The molecule has 0 heterocycles. The third kappa shape index (κ3) is 3.97. The maximum absolute atomic E-state index is 12.2. The SMILES string of the molecule is CC1CC(C)CC(NC(=O)C(Cl)c2ccccc2)C1. The number of carbonyl (C=O) groups is 1. The maximum Gasteiger partial charge on any atom is 0.242 e. The van der Waals surface area contributed by atoms with Gasteiger partial charge in [0.05, 0.1) is 0 Å². The molecule has 1 fully saturated rings. The number of hydrogen-bond donors (Lipinski definition) is 1. The summed E-state index contributed by atoms with van der Waals surface area (Å²) in [5, 5.41) is 2.52. The molecule has 0 bridgehead atoms. The van der Waals surface area contributed by atoms with E-state index in [1.165, 1.54) is 6.42 Å². The van der Waals surface area contributed by atoms with Crippen molar-refractivity contribution in [3.8, 4) is 0 Å². The van der Waals surface area contributed by atoms with Gasteiger partial charge in [0.25, 0.3) is 0 Å². The van der Waals surface area contributed by atoms with Gasteiger partial charge in [-0.2, -0.15) is 0 Å². The molecule has 0 aliphatic heterocycles. The van der Waals surface area contributed by atoms with E-state index in [0.29, 0.717) is 11.8 Å². The molecule has 3 atom stereocenters. The van der Waals surface area contributed by atoms with E-state index in [2.05, 4.69) is 19.2 Å². The van der Waals surface area contributed by atoms with Crippen molar-refractivity contribution in [2.24, 2.45) is 11.8 Å². The van der Waals surface area contributed by atoms with Gasteiger partial charge in [-0.3, -0.25) is 4.79 Å². The minimum atomic E-state index is -0.589. The highest BCUT2D eigenvalue weighted by atomic mass is 35.5. The van der Waals surface area contributed by atoms with Crippen LogP contribution in [0, 0.1) is 11.8 Å². The fourth-order valence-corrected chi connectivity index (χ4v) is 3.32. The fourth-order valence-electron chi connectivity index (χ4n) is 3.11. The van der Waals surface area contributed by atoms with Crippen LogP contribution in [-0.4, -0.2) is 11.9 Å². The zero-order valence-corrected chi connectivity index (χ0v) is 12.4. The minimum Gasteiger partial charge on any atom is -0.352 e. The normalized spacial score (nSPS) is 28.7. The lowest BCUT2D eigenvalue weighted by atomic mass is 9.80. The Bertz CT molecular complexity index is 410. The molecule has 1 aliphatic rings. The van der Waals surface area contributed by atoms with Gasteiger partial charge in [0.2, 0.25) is 5.91 Å². The van der Waals surface area contributed by atoms with E-state index >= 15 is 0 Å². The molecular formula is C16H22ClNO. The van der Waals surface area contributed by atoms with Crippen molar-refractivity contribution in [3.63, 3.8) is 0 Å². The molecule has 19 heavy (non-hydrogen) atoms. The molecule has 0 aromatic heterocycles. The van der Waals surface area contributed by atoms with Crippen molar-refractivity contribution in [2.45, 2.75) is 44.5 Å². The lowest BCUT2D eigenvalue weighted by Gasteiger charge is -2.32. The van der Waals surface area contributed by atoms with Crippen molar-refractivity contribution in [2.75, 3.05) is 0 Å². The first-order valence-corrected chi connectivity index (χ1v) is 7.49. The molecule has 1 aromatic rings. The number of rotatable bonds is 3. The van der Waals surface area contributed by atoms with E-state index in [1.54, 1.807) is 0 Å². The van der Waals surface area contributed by atoms with Crippen LogP contribution >= 0.6 is 11.6 Å². The van der Waals surface area contributed by atoms with Crippen molar-refractivity contribution < 1.29 is 4.79 Å². The molecule has 1 aromatic carbocycles. The van der Waals surface area contributed by atoms with Crippen molar-refractivity contribution >= 4 is 17.5 Å². The molecule has 1 saturated carbocycles. The predicted octanol–water partition coefficient (Wildman–Crippen LogP) is 3.91. The van der Waals surface area contributed by atoms with E-state index in [4.69, 9.17) is 11.6 Å². The molecule has 0 radical (unpaired) electrons. The van der Waals surface area contributed by atoms with Gasteiger partial charge in [-0.05, 0) is 36.7 Å². The number of carbonyl (C=O) groups excluding carboxylic acids is 1. The first-order valence-electron chi connectivity index (χ1n) is 7.05. The first-order chi connectivity index (χ1) is 9.06. The van der Waals surface area contributed by atoms with Crippen LogP contribution in [0.1, 0.15) is 44.1 Å². The fraction of sp³-hybridized carbons (Fsp3) is 0.562. The highest BCUT2D eigenvalue weighted by Crippen LogP contribution is 2.29.